The van der Waals surface area contributed by atoms with E-state index in [-0.39, 0.29) is 17.1 Å². The molecule has 9 heteroatoms. The third-order valence-corrected chi connectivity index (χ3v) is 7.35. The van der Waals surface area contributed by atoms with Gasteiger partial charge in [-0.15, -0.1) is 11.3 Å². The van der Waals surface area contributed by atoms with Gasteiger partial charge < -0.3 is 5.11 Å². The first-order valence-electron chi connectivity index (χ1n) is 9.56. The van der Waals surface area contributed by atoms with Crippen LogP contribution in [-0.2, 0) is 16.3 Å². The van der Waals surface area contributed by atoms with Crippen LogP contribution in [-0.4, -0.2) is 31.2 Å². The molecule has 0 spiro atoms. The molecule has 30 heavy (non-hydrogen) atoms. The van der Waals surface area contributed by atoms with Crippen molar-refractivity contribution in [2.75, 3.05) is 6.26 Å². The number of aromatic nitrogens is 2. The number of aryl methyl sites for hydroxylation is 1. The molecule has 2 aromatic heterocycles. The summed E-state index contributed by atoms with van der Waals surface area (Å²) in [6.45, 7) is 4.53. The van der Waals surface area contributed by atoms with Crippen LogP contribution in [0.5, 0.6) is 5.75 Å². The van der Waals surface area contributed by atoms with E-state index < -0.39 is 15.3 Å². The van der Waals surface area contributed by atoms with Gasteiger partial charge in [-0.05, 0) is 35.9 Å². The van der Waals surface area contributed by atoms with E-state index in [0.29, 0.717) is 28.7 Å². The Morgan fingerprint density at radius 1 is 1.20 bits per heavy atom. The first-order valence-corrected chi connectivity index (χ1v) is 12.4. The average molecular weight is 443 g/mol. The number of aromatic hydroxyl groups is 1. The molecule has 1 aromatic carbocycles. The summed E-state index contributed by atoms with van der Waals surface area (Å²) in [5.41, 5.74) is 0.214. The lowest BCUT2D eigenvalue weighted by Gasteiger charge is -2.17. The summed E-state index contributed by atoms with van der Waals surface area (Å²) in [7, 11) is -2.81. The maximum absolute atomic E-state index is 13.3. The molecule has 0 saturated heterocycles. The summed E-state index contributed by atoms with van der Waals surface area (Å²) in [5, 5.41) is 17.3. The van der Waals surface area contributed by atoms with Gasteiger partial charge in [0.2, 0.25) is 0 Å². The second-order valence-corrected chi connectivity index (χ2v) is 10.7. The molecule has 0 bridgehead atoms. The van der Waals surface area contributed by atoms with Crippen LogP contribution in [0.4, 0.5) is 5.69 Å². The van der Waals surface area contributed by atoms with E-state index in [1.807, 2.05) is 17.5 Å². The molecule has 156 valence electrons. The molecule has 1 atom stereocenters. The van der Waals surface area contributed by atoms with E-state index in [1.54, 1.807) is 24.3 Å². The standard InChI is InChI=1S/C21H22N4O3S2/c1-13(2)10-11-25-21(27)17(19(26)18(23-25)15-8-6-12-29-15)20-22-14-7-4-5-9-16(14)30(3,28)24-20/h4-9,12-13,26H,10-11H2,1-3H3. The molecule has 4 rings (SSSR count). The molecule has 0 radical (unpaired) electrons. The Kier molecular flexibility index (Phi) is 5.33. The number of rotatable bonds is 5. The minimum Gasteiger partial charge on any atom is -0.505 e. The van der Waals surface area contributed by atoms with Crippen molar-refractivity contribution >= 4 is 32.6 Å². The van der Waals surface area contributed by atoms with Crippen LogP contribution in [0.3, 0.4) is 0 Å². The molecule has 0 saturated carbocycles. The van der Waals surface area contributed by atoms with Crippen LogP contribution in [0.1, 0.15) is 25.8 Å². The number of amidine groups is 1. The fourth-order valence-electron chi connectivity index (χ4n) is 3.20. The molecule has 1 aliphatic rings. The van der Waals surface area contributed by atoms with Crippen molar-refractivity contribution in [1.29, 1.82) is 0 Å². The number of benzene rings is 1. The predicted molar refractivity (Wildman–Crippen MR) is 120 cm³/mol. The zero-order valence-electron chi connectivity index (χ0n) is 16.9. The highest BCUT2D eigenvalue weighted by Crippen LogP contribution is 2.35. The van der Waals surface area contributed by atoms with Gasteiger partial charge in [-0.3, -0.25) is 4.79 Å². The van der Waals surface area contributed by atoms with E-state index in [9.17, 15) is 14.1 Å². The van der Waals surface area contributed by atoms with Crippen molar-refractivity contribution in [1.82, 2.24) is 9.78 Å². The van der Waals surface area contributed by atoms with Gasteiger partial charge in [-0.1, -0.05) is 32.0 Å². The monoisotopic (exact) mass is 442 g/mol. The number of hydrogen-bond acceptors (Lipinski definition) is 7. The van der Waals surface area contributed by atoms with E-state index >= 15 is 0 Å². The van der Waals surface area contributed by atoms with Crippen molar-refractivity contribution < 1.29 is 9.32 Å². The number of nitrogens with zero attached hydrogens (tertiary/aromatic N) is 4. The Labute approximate surface area is 178 Å². The molecule has 1 N–H and O–H groups in total. The first-order chi connectivity index (χ1) is 14.3. The van der Waals surface area contributed by atoms with Crippen LogP contribution in [0.2, 0.25) is 0 Å². The smallest absolute Gasteiger partial charge is 0.281 e. The number of thiophene rings is 1. The fraction of sp³-hybridized carbons (Fsp3) is 0.286. The molecule has 3 heterocycles. The maximum Gasteiger partial charge on any atom is 0.281 e. The average Bonchev–Trinajstić information content (AvgIpc) is 3.21. The Bertz CT molecular complexity index is 1310. The number of para-hydroxylation sites is 1. The van der Waals surface area contributed by atoms with Gasteiger partial charge in [0.1, 0.15) is 11.3 Å². The van der Waals surface area contributed by atoms with E-state index in [1.165, 1.54) is 22.3 Å². The normalized spacial score (nSPS) is 18.1. The molecule has 7 nitrogen and oxygen atoms in total. The number of hydrogen-bond donors (Lipinski definition) is 1. The highest BCUT2D eigenvalue weighted by Gasteiger charge is 2.27. The second kappa shape index (κ2) is 7.81. The summed E-state index contributed by atoms with van der Waals surface area (Å²) in [6.07, 6.45) is 2.26. The lowest BCUT2D eigenvalue weighted by atomic mass is 10.1. The van der Waals surface area contributed by atoms with E-state index in [4.69, 9.17) is 0 Å². The van der Waals surface area contributed by atoms with Crippen molar-refractivity contribution in [3.63, 3.8) is 0 Å². The van der Waals surface area contributed by atoms with Crippen LogP contribution in [0.15, 0.2) is 60.8 Å². The Morgan fingerprint density at radius 2 is 1.97 bits per heavy atom. The minimum atomic E-state index is -2.81. The molecule has 0 aliphatic carbocycles. The third-order valence-electron chi connectivity index (χ3n) is 4.79. The molecule has 0 fully saturated rings. The topological polar surface area (TPSA) is 96.9 Å². The first kappa shape index (κ1) is 20.5. The summed E-state index contributed by atoms with van der Waals surface area (Å²) in [6, 6.07) is 10.7. The molecule has 0 amide bonds. The van der Waals surface area contributed by atoms with Crippen LogP contribution in [0, 0.1) is 5.92 Å². The lowest BCUT2D eigenvalue weighted by molar-refractivity contribution is 0.444. The number of fused-ring (bicyclic) bond motifs is 1. The van der Waals surface area contributed by atoms with Gasteiger partial charge in [0, 0.05) is 12.8 Å². The molecular formula is C21H22N4O3S2. The highest BCUT2D eigenvalue weighted by molar-refractivity contribution is 7.93. The van der Waals surface area contributed by atoms with Crippen molar-refractivity contribution in [3.8, 4) is 16.3 Å². The summed E-state index contributed by atoms with van der Waals surface area (Å²) in [5.74, 6) is 0.0571. The van der Waals surface area contributed by atoms with Gasteiger partial charge in [0.25, 0.3) is 5.56 Å². The zero-order chi connectivity index (χ0) is 21.5. The van der Waals surface area contributed by atoms with Gasteiger partial charge in [-0.2, -0.15) is 9.46 Å². The minimum absolute atomic E-state index is 0.0257. The molecule has 1 unspecified atom stereocenters. The Hall–Kier alpha value is -2.78. The third kappa shape index (κ3) is 3.70. The zero-order valence-corrected chi connectivity index (χ0v) is 18.5. The van der Waals surface area contributed by atoms with Crippen molar-refractivity contribution in [2.24, 2.45) is 15.3 Å². The number of aliphatic imine (C=N–C) groups is 1. The van der Waals surface area contributed by atoms with Gasteiger partial charge in [0.05, 0.1) is 25.2 Å². The predicted octanol–water partition coefficient (Wildman–Crippen LogP) is 4.27. The van der Waals surface area contributed by atoms with E-state index in [2.05, 4.69) is 28.3 Å². The SMILES string of the molecule is CC(C)CCn1nc(-c2cccs2)c(O)c(C2=Nc3ccccc3S(C)(=O)=N2)c1=O. The molecule has 1 aliphatic heterocycles. The quantitative estimate of drug-likeness (QED) is 0.638. The Balaban J connectivity index is 1.98. The van der Waals surface area contributed by atoms with Crippen LogP contribution in [0.25, 0.3) is 10.6 Å². The lowest BCUT2D eigenvalue weighted by Crippen LogP contribution is -2.30. The second-order valence-electron chi connectivity index (χ2n) is 7.56. The summed E-state index contributed by atoms with van der Waals surface area (Å²) >= 11 is 1.41. The molecule has 3 aromatic rings. The van der Waals surface area contributed by atoms with Crippen LogP contribution < -0.4 is 5.56 Å². The van der Waals surface area contributed by atoms with E-state index in [0.717, 1.165) is 11.3 Å². The van der Waals surface area contributed by atoms with Crippen LogP contribution >= 0.6 is 11.3 Å². The largest absolute Gasteiger partial charge is 0.505 e. The van der Waals surface area contributed by atoms with Crippen molar-refractivity contribution in [2.45, 2.75) is 31.7 Å². The van der Waals surface area contributed by atoms with Gasteiger partial charge in [-0.25, -0.2) is 13.9 Å². The fourth-order valence-corrected chi connectivity index (χ4v) is 5.30. The van der Waals surface area contributed by atoms with Gasteiger partial charge >= 0.3 is 0 Å². The maximum atomic E-state index is 13.3. The molecular weight excluding hydrogens is 420 g/mol. The highest BCUT2D eigenvalue weighted by atomic mass is 32.2. The van der Waals surface area contributed by atoms with Gasteiger partial charge in [0.15, 0.2) is 11.6 Å². The Morgan fingerprint density at radius 3 is 2.67 bits per heavy atom. The summed E-state index contributed by atoms with van der Waals surface area (Å²) in [4.78, 5) is 19.0. The van der Waals surface area contributed by atoms with Crippen molar-refractivity contribution in [3.05, 3.63) is 57.7 Å². The summed E-state index contributed by atoms with van der Waals surface area (Å²) < 4.78 is 18.8.